The van der Waals surface area contributed by atoms with Crippen LogP contribution in [0.5, 0.6) is 0 Å². The number of aryl methyl sites for hydroxylation is 1. The molecule has 0 aliphatic carbocycles. The normalized spacial score (nSPS) is 12.2. The fourth-order valence-electron chi connectivity index (χ4n) is 1.04. The summed E-state index contributed by atoms with van der Waals surface area (Å²) in [5.41, 5.74) is 0.593. The van der Waals surface area contributed by atoms with E-state index in [2.05, 4.69) is 14.7 Å². The second kappa shape index (κ2) is 5.16. The van der Waals surface area contributed by atoms with E-state index >= 15 is 0 Å². The van der Waals surface area contributed by atoms with E-state index in [4.69, 9.17) is 11.6 Å². The van der Waals surface area contributed by atoms with E-state index in [1.54, 1.807) is 26.8 Å². The molecule has 0 aromatic carbocycles. The summed E-state index contributed by atoms with van der Waals surface area (Å²) >= 11 is 5.72. The van der Waals surface area contributed by atoms with Crippen LogP contribution in [-0.4, -0.2) is 35.8 Å². The number of aromatic nitrogens is 2. The second-order valence-electron chi connectivity index (χ2n) is 3.87. The minimum Gasteiger partial charge on any atom is -0.238 e. The van der Waals surface area contributed by atoms with Gasteiger partial charge in [0.2, 0.25) is 5.95 Å². The van der Waals surface area contributed by atoms with Crippen molar-refractivity contribution in [1.82, 2.24) is 14.3 Å². The molecule has 96 valence electrons. The molecule has 17 heavy (non-hydrogen) atoms. The van der Waals surface area contributed by atoms with E-state index in [-0.39, 0.29) is 17.1 Å². The van der Waals surface area contributed by atoms with Crippen molar-refractivity contribution in [2.75, 3.05) is 11.8 Å². The highest BCUT2D eigenvalue weighted by molar-refractivity contribution is 7.90. The second-order valence-corrected chi connectivity index (χ2v) is 5.99. The third kappa shape index (κ3) is 3.79. The summed E-state index contributed by atoms with van der Waals surface area (Å²) in [4.78, 5) is 7.75. The van der Waals surface area contributed by atoms with Crippen molar-refractivity contribution in [3.63, 3.8) is 0 Å². The number of nitrogens with one attached hydrogen (secondary N) is 1. The Bertz CT molecular complexity index is 483. The van der Waals surface area contributed by atoms with Crippen molar-refractivity contribution in [2.45, 2.75) is 26.8 Å². The Balaban J connectivity index is 2.98. The van der Waals surface area contributed by atoms with Crippen LogP contribution in [0.1, 0.15) is 19.5 Å². The lowest BCUT2D eigenvalue weighted by molar-refractivity contribution is 0.414. The van der Waals surface area contributed by atoms with Crippen LogP contribution in [0.15, 0.2) is 6.07 Å². The zero-order valence-corrected chi connectivity index (χ0v) is 11.7. The zero-order valence-electron chi connectivity index (χ0n) is 10.1. The maximum Gasteiger partial charge on any atom is 0.303 e. The quantitative estimate of drug-likeness (QED) is 0.846. The summed E-state index contributed by atoms with van der Waals surface area (Å²) in [6, 6.07) is 1.39. The smallest absolute Gasteiger partial charge is 0.238 e. The highest BCUT2D eigenvalue weighted by atomic mass is 35.5. The molecule has 0 radical (unpaired) electrons. The Morgan fingerprint density at radius 1 is 1.41 bits per heavy atom. The number of hydrogen-bond acceptors (Lipinski definition) is 4. The standard InChI is InChI=1S/C9H15ClN4O2S/c1-6(2)14(4)17(15,16)13-9-11-7(3)5-8(10)12-9/h5-6H,1-4H3,(H,11,12,13). The topological polar surface area (TPSA) is 75.2 Å². The fourth-order valence-corrected chi connectivity index (χ4v) is 2.30. The van der Waals surface area contributed by atoms with Crippen LogP contribution >= 0.6 is 11.6 Å². The molecular weight excluding hydrogens is 264 g/mol. The van der Waals surface area contributed by atoms with Gasteiger partial charge >= 0.3 is 10.2 Å². The first-order chi connectivity index (χ1) is 7.72. The Morgan fingerprint density at radius 2 is 2.00 bits per heavy atom. The molecule has 1 N–H and O–H groups in total. The number of anilines is 1. The van der Waals surface area contributed by atoms with Crippen LogP contribution < -0.4 is 4.72 Å². The summed E-state index contributed by atoms with van der Waals surface area (Å²) in [6.45, 7) is 5.24. The lowest BCUT2D eigenvalue weighted by atomic mass is 10.4. The molecule has 8 heteroatoms. The van der Waals surface area contributed by atoms with Gasteiger partial charge < -0.3 is 0 Å². The lowest BCUT2D eigenvalue weighted by Crippen LogP contribution is -2.37. The lowest BCUT2D eigenvalue weighted by Gasteiger charge is -2.20. The Kier molecular flexibility index (Phi) is 4.29. The first-order valence-electron chi connectivity index (χ1n) is 4.99. The van der Waals surface area contributed by atoms with E-state index in [1.165, 1.54) is 11.4 Å². The number of hydrogen-bond donors (Lipinski definition) is 1. The van der Waals surface area contributed by atoms with Crippen molar-refractivity contribution < 1.29 is 8.42 Å². The molecule has 1 aromatic rings. The van der Waals surface area contributed by atoms with Gasteiger partial charge in [-0.25, -0.2) is 14.7 Å². The molecule has 6 nitrogen and oxygen atoms in total. The molecule has 1 rings (SSSR count). The van der Waals surface area contributed by atoms with Gasteiger partial charge in [0.1, 0.15) is 5.15 Å². The SMILES string of the molecule is Cc1cc(Cl)nc(NS(=O)(=O)N(C)C(C)C)n1. The maximum absolute atomic E-state index is 11.9. The van der Waals surface area contributed by atoms with E-state index in [1.807, 2.05) is 0 Å². The summed E-state index contributed by atoms with van der Waals surface area (Å²) < 4.78 is 27.2. The van der Waals surface area contributed by atoms with Gasteiger partial charge in [-0.3, -0.25) is 0 Å². The average molecular weight is 279 g/mol. The van der Waals surface area contributed by atoms with Gasteiger partial charge in [0.05, 0.1) is 0 Å². The van der Waals surface area contributed by atoms with Gasteiger partial charge in [-0.1, -0.05) is 11.6 Å². The monoisotopic (exact) mass is 278 g/mol. The molecule has 0 saturated heterocycles. The third-order valence-electron chi connectivity index (χ3n) is 2.15. The molecule has 0 atom stereocenters. The molecule has 1 aromatic heterocycles. The van der Waals surface area contributed by atoms with Crippen molar-refractivity contribution >= 4 is 27.8 Å². The summed E-state index contributed by atoms with van der Waals surface area (Å²) in [7, 11) is -2.17. The molecular formula is C9H15ClN4O2S. The molecule has 0 fully saturated rings. The highest BCUT2D eigenvalue weighted by Crippen LogP contribution is 2.12. The summed E-state index contributed by atoms with van der Waals surface area (Å²) in [6.07, 6.45) is 0. The minimum atomic E-state index is -3.65. The molecule has 0 aliphatic rings. The highest BCUT2D eigenvalue weighted by Gasteiger charge is 2.21. The molecule has 1 heterocycles. The van der Waals surface area contributed by atoms with Crippen LogP contribution in [0.3, 0.4) is 0 Å². The Labute approximate surface area is 106 Å². The van der Waals surface area contributed by atoms with Gasteiger partial charge in [0.15, 0.2) is 0 Å². The molecule has 0 spiro atoms. The van der Waals surface area contributed by atoms with Crippen LogP contribution in [0.2, 0.25) is 5.15 Å². The van der Waals surface area contributed by atoms with Crippen molar-refractivity contribution in [3.05, 3.63) is 16.9 Å². The number of halogens is 1. The van der Waals surface area contributed by atoms with Gasteiger partial charge in [0, 0.05) is 18.8 Å². The average Bonchev–Trinajstić information content (AvgIpc) is 2.13. The molecule has 0 saturated carbocycles. The maximum atomic E-state index is 11.9. The van der Waals surface area contributed by atoms with Gasteiger partial charge in [-0.2, -0.15) is 12.7 Å². The van der Waals surface area contributed by atoms with Crippen molar-refractivity contribution in [2.24, 2.45) is 0 Å². The van der Waals surface area contributed by atoms with Gasteiger partial charge in [-0.05, 0) is 26.8 Å². The number of rotatable bonds is 4. The van der Waals surface area contributed by atoms with E-state index < -0.39 is 10.2 Å². The Hall–Kier alpha value is -0.920. The van der Waals surface area contributed by atoms with E-state index in [9.17, 15) is 8.42 Å². The summed E-state index contributed by atoms with van der Waals surface area (Å²) in [5.74, 6) is -0.0255. The zero-order chi connectivity index (χ0) is 13.2. The van der Waals surface area contributed by atoms with Crippen molar-refractivity contribution in [3.8, 4) is 0 Å². The van der Waals surface area contributed by atoms with Crippen LogP contribution in [-0.2, 0) is 10.2 Å². The van der Waals surface area contributed by atoms with Gasteiger partial charge in [-0.15, -0.1) is 0 Å². The van der Waals surface area contributed by atoms with E-state index in [0.717, 1.165) is 0 Å². The summed E-state index contributed by atoms with van der Waals surface area (Å²) in [5, 5.41) is 0.197. The predicted molar refractivity (Wildman–Crippen MR) is 67.2 cm³/mol. The van der Waals surface area contributed by atoms with Crippen molar-refractivity contribution in [1.29, 1.82) is 0 Å². The largest absolute Gasteiger partial charge is 0.303 e. The van der Waals surface area contributed by atoms with Crippen LogP contribution in [0.4, 0.5) is 5.95 Å². The molecule has 0 aliphatic heterocycles. The fraction of sp³-hybridized carbons (Fsp3) is 0.556. The molecule has 0 amide bonds. The van der Waals surface area contributed by atoms with E-state index in [0.29, 0.717) is 5.69 Å². The predicted octanol–water partition coefficient (Wildman–Crippen LogP) is 1.44. The third-order valence-corrected chi connectivity index (χ3v) is 3.96. The minimum absolute atomic E-state index is 0.0255. The van der Waals surface area contributed by atoms with Crippen LogP contribution in [0, 0.1) is 6.92 Å². The first-order valence-corrected chi connectivity index (χ1v) is 6.81. The van der Waals surface area contributed by atoms with Gasteiger partial charge in [0.25, 0.3) is 0 Å². The molecule has 0 bridgehead atoms. The molecule has 0 unspecified atom stereocenters. The Morgan fingerprint density at radius 3 is 2.47 bits per heavy atom. The first kappa shape index (κ1) is 14.1. The van der Waals surface area contributed by atoms with Crippen LogP contribution in [0.25, 0.3) is 0 Å². The number of nitrogens with zero attached hydrogens (tertiary/aromatic N) is 3.